The number of carboxylic acid groups (broad SMARTS) is 1. The molecule has 0 bridgehead atoms. The van der Waals surface area contributed by atoms with Crippen LogP contribution in [0, 0.1) is 0 Å². The van der Waals surface area contributed by atoms with E-state index in [-0.39, 0.29) is 6.10 Å². The summed E-state index contributed by atoms with van der Waals surface area (Å²) >= 11 is 0. The molecule has 1 aromatic carbocycles. The van der Waals surface area contributed by atoms with Crippen molar-refractivity contribution >= 4 is 5.97 Å². The molecular formula is C16H25NO4. The van der Waals surface area contributed by atoms with Gasteiger partial charge in [-0.2, -0.15) is 0 Å². The molecule has 5 heteroatoms. The molecule has 0 aliphatic heterocycles. The quantitative estimate of drug-likeness (QED) is 0.733. The van der Waals surface area contributed by atoms with Gasteiger partial charge in [-0.25, -0.2) is 0 Å². The summed E-state index contributed by atoms with van der Waals surface area (Å²) in [5.74, 6) is 0.626. The van der Waals surface area contributed by atoms with Gasteiger partial charge in [-0.15, -0.1) is 0 Å². The molecule has 0 aliphatic carbocycles. The van der Waals surface area contributed by atoms with Crippen LogP contribution in [0.2, 0.25) is 0 Å². The fourth-order valence-corrected chi connectivity index (χ4v) is 1.98. The summed E-state index contributed by atoms with van der Waals surface area (Å²) in [6.07, 6.45) is 1.11. The second-order valence-corrected chi connectivity index (χ2v) is 5.34. The van der Waals surface area contributed by atoms with Crippen molar-refractivity contribution in [2.45, 2.75) is 45.3 Å². The van der Waals surface area contributed by atoms with E-state index in [1.54, 1.807) is 14.0 Å². The third-order valence-electron chi connectivity index (χ3n) is 3.35. The molecule has 0 aliphatic rings. The minimum absolute atomic E-state index is 0.221. The first-order chi connectivity index (χ1) is 9.91. The maximum absolute atomic E-state index is 11.3. The van der Waals surface area contributed by atoms with E-state index in [1.807, 2.05) is 31.2 Å². The molecule has 21 heavy (non-hydrogen) atoms. The zero-order valence-electron chi connectivity index (χ0n) is 13.2. The Morgan fingerprint density at radius 2 is 1.90 bits per heavy atom. The average molecular weight is 295 g/mol. The second kappa shape index (κ2) is 7.88. The van der Waals surface area contributed by atoms with Gasteiger partial charge in [0.05, 0.1) is 12.7 Å². The van der Waals surface area contributed by atoms with Gasteiger partial charge in [0.1, 0.15) is 17.0 Å². The highest BCUT2D eigenvalue weighted by molar-refractivity contribution is 5.78. The van der Waals surface area contributed by atoms with Crippen LogP contribution < -0.4 is 14.8 Å². The number of hydrogen-bond acceptors (Lipinski definition) is 4. The summed E-state index contributed by atoms with van der Waals surface area (Å²) in [6, 6.07) is 7.37. The molecule has 2 N–H and O–H groups in total. The van der Waals surface area contributed by atoms with Crippen LogP contribution in [0.25, 0.3) is 0 Å². The Morgan fingerprint density at radius 1 is 1.33 bits per heavy atom. The minimum Gasteiger partial charge on any atom is -0.494 e. The lowest BCUT2D eigenvalue weighted by Crippen LogP contribution is -2.50. The van der Waals surface area contributed by atoms with E-state index in [2.05, 4.69) is 12.2 Å². The Hall–Kier alpha value is -1.75. The van der Waals surface area contributed by atoms with Gasteiger partial charge in [0.15, 0.2) is 0 Å². The SMILES string of the molecule is CCCOc1ccc(OC(C)CC(C)(NC)C(=O)O)cc1. The number of carboxylic acids is 1. The lowest BCUT2D eigenvalue weighted by molar-refractivity contribution is -0.145. The van der Waals surface area contributed by atoms with E-state index in [1.165, 1.54) is 0 Å². The van der Waals surface area contributed by atoms with Crippen LogP contribution in [0.1, 0.15) is 33.6 Å². The van der Waals surface area contributed by atoms with E-state index in [0.29, 0.717) is 18.8 Å². The zero-order valence-corrected chi connectivity index (χ0v) is 13.2. The lowest BCUT2D eigenvalue weighted by Gasteiger charge is -2.27. The smallest absolute Gasteiger partial charge is 0.323 e. The second-order valence-electron chi connectivity index (χ2n) is 5.34. The van der Waals surface area contributed by atoms with Crippen molar-refractivity contribution in [2.75, 3.05) is 13.7 Å². The van der Waals surface area contributed by atoms with E-state index in [9.17, 15) is 9.90 Å². The molecule has 0 amide bonds. The van der Waals surface area contributed by atoms with Crippen LogP contribution in [0.3, 0.4) is 0 Å². The summed E-state index contributed by atoms with van der Waals surface area (Å²) in [6.45, 7) is 6.26. The predicted molar refractivity (Wildman–Crippen MR) is 82.0 cm³/mol. The van der Waals surface area contributed by atoms with Gasteiger partial charge in [0, 0.05) is 6.42 Å². The van der Waals surface area contributed by atoms with Crippen molar-refractivity contribution in [3.05, 3.63) is 24.3 Å². The van der Waals surface area contributed by atoms with E-state index < -0.39 is 11.5 Å². The average Bonchev–Trinajstić information content (AvgIpc) is 2.46. The monoisotopic (exact) mass is 295 g/mol. The number of rotatable bonds is 9. The molecule has 5 nitrogen and oxygen atoms in total. The fraction of sp³-hybridized carbons (Fsp3) is 0.562. The van der Waals surface area contributed by atoms with Crippen molar-refractivity contribution in [1.29, 1.82) is 0 Å². The van der Waals surface area contributed by atoms with Crippen molar-refractivity contribution < 1.29 is 19.4 Å². The Kier molecular flexibility index (Phi) is 6.49. The highest BCUT2D eigenvalue weighted by atomic mass is 16.5. The van der Waals surface area contributed by atoms with E-state index in [4.69, 9.17) is 9.47 Å². The van der Waals surface area contributed by atoms with Crippen molar-refractivity contribution in [1.82, 2.24) is 5.32 Å². The van der Waals surface area contributed by atoms with Gasteiger partial charge in [0.2, 0.25) is 0 Å². The van der Waals surface area contributed by atoms with Crippen LogP contribution in [0.4, 0.5) is 0 Å². The number of benzene rings is 1. The first-order valence-electron chi connectivity index (χ1n) is 7.23. The number of carbonyl (C=O) groups is 1. The number of nitrogens with one attached hydrogen (secondary N) is 1. The van der Waals surface area contributed by atoms with E-state index >= 15 is 0 Å². The summed E-state index contributed by atoms with van der Waals surface area (Å²) in [5, 5.41) is 12.1. The molecule has 1 rings (SSSR count). The molecule has 2 unspecified atom stereocenters. The van der Waals surface area contributed by atoms with E-state index in [0.717, 1.165) is 12.2 Å². The third-order valence-corrected chi connectivity index (χ3v) is 3.35. The van der Waals surface area contributed by atoms with Crippen molar-refractivity contribution in [3.63, 3.8) is 0 Å². The lowest BCUT2D eigenvalue weighted by atomic mass is 9.95. The molecule has 1 aromatic rings. The number of likely N-dealkylation sites (N-methyl/N-ethyl adjacent to an activating group) is 1. The Balaban J connectivity index is 2.58. The standard InChI is InChI=1S/C16H25NO4/c1-5-10-20-13-6-8-14(9-7-13)21-12(2)11-16(3,17-4)15(18)19/h6-9,12,17H,5,10-11H2,1-4H3,(H,18,19). The highest BCUT2D eigenvalue weighted by Crippen LogP contribution is 2.21. The van der Waals surface area contributed by atoms with Crippen LogP contribution in [-0.4, -0.2) is 36.4 Å². The number of hydrogen-bond donors (Lipinski definition) is 2. The topological polar surface area (TPSA) is 67.8 Å². The van der Waals surface area contributed by atoms with Crippen LogP contribution in [-0.2, 0) is 4.79 Å². The zero-order chi connectivity index (χ0) is 15.9. The maximum atomic E-state index is 11.3. The Labute approximate surface area is 126 Å². The fourth-order valence-electron chi connectivity index (χ4n) is 1.98. The minimum atomic E-state index is -0.996. The first kappa shape index (κ1) is 17.3. The van der Waals surface area contributed by atoms with Crippen molar-refractivity contribution in [2.24, 2.45) is 0 Å². The molecule has 0 spiro atoms. The summed E-state index contributed by atoms with van der Waals surface area (Å²) in [4.78, 5) is 11.3. The van der Waals surface area contributed by atoms with Gasteiger partial charge in [0.25, 0.3) is 0 Å². The molecule has 0 saturated heterocycles. The number of aliphatic carboxylic acids is 1. The molecule has 0 heterocycles. The molecule has 0 fully saturated rings. The maximum Gasteiger partial charge on any atom is 0.323 e. The molecule has 0 radical (unpaired) electrons. The van der Waals surface area contributed by atoms with Gasteiger partial charge in [-0.1, -0.05) is 6.92 Å². The van der Waals surface area contributed by atoms with Gasteiger partial charge in [-0.3, -0.25) is 4.79 Å². The van der Waals surface area contributed by atoms with Crippen molar-refractivity contribution in [3.8, 4) is 11.5 Å². The Morgan fingerprint density at radius 3 is 2.38 bits per heavy atom. The largest absolute Gasteiger partial charge is 0.494 e. The van der Waals surface area contributed by atoms with Crippen LogP contribution >= 0.6 is 0 Å². The van der Waals surface area contributed by atoms with Gasteiger partial charge >= 0.3 is 5.97 Å². The third kappa shape index (κ3) is 5.27. The summed E-state index contributed by atoms with van der Waals surface area (Å²) in [5.41, 5.74) is -0.996. The van der Waals surface area contributed by atoms with Crippen LogP contribution in [0.15, 0.2) is 24.3 Å². The molecule has 0 aromatic heterocycles. The van der Waals surface area contributed by atoms with Gasteiger partial charge in [-0.05, 0) is 51.6 Å². The highest BCUT2D eigenvalue weighted by Gasteiger charge is 2.33. The molecular weight excluding hydrogens is 270 g/mol. The first-order valence-corrected chi connectivity index (χ1v) is 7.23. The van der Waals surface area contributed by atoms with Crippen LogP contribution in [0.5, 0.6) is 11.5 Å². The normalized spacial score (nSPS) is 15.0. The molecule has 118 valence electrons. The summed E-state index contributed by atoms with van der Waals surface area (Å²) in [7, 11) is 1.64. The predicted octanol–water partition coefficient (Wildman–Crippen LogP) is 2.70. The Bertz CT molecular complexity index is 446. The molecule has 0 saturated carbocycles. The molecule has 2 atom stereocenters. The summed E-state index contributed by atoms with van der Waals surface area (Å²) < 4.78 is 11.3. The number of ether oxygens (including phenoxy) is 2. The van der Waals surface area contributed by atoms with Gasteiger partial charge < -0.3 is 19.9 Å².